The van der Waals surface area contributed by atoms with Gasteiger partial charge in [0.2, 0.25) is 0 Å². The number of hydrogen-bond donors (Lipinski definition) is 1. The molecule has 2 aromatic carbocycles. The van der Waals surface area contributed by atoms with Gasteiger partial charge in [-0.3, -0.25) is 4.79 Å². The molecule has 0 bridgehead atoms. The second kappa shape index (κ2) is 6.23. The average Bonchev–Trinajstić information content (AvgIpc) is 2.89. The quantitative estimate of drug-likeness (QED) is 0.894. The maximum absolute atomic E-state index is 12.8. The van der Waals surface area contributed by atoms with Gasteiger partial charge in [0.25, 0.3) is 5.91 Å². The van der Waals surface area contributed by atoms with Gasteiger partial charge >= 0.3 is 0 Å². The first kappa shape index (κ1) is 15.3. The van der Waals surface area contributed by atoms with Crippen molar-refractivity contribution >= 4 is 21.8 Å². The molecule has 0 aliphatic carbocycles. The number of carbonyl (C=O) groups excluding carboxylic acids is 1. The summed E-state index contributed by atoms with van der Waals surface area (Å²) in [7, 11) is 0. The van der Waals surface area contributed by atoms with E-state index < -0.39 is 0 Å². The number of likely N-dealkylation sites (tertiary alicyclic amines) is 1. The van der Waals surface area contributed by atoms with Gasteiger partial charge < -0.3 is 10.6 Å². The lowest BCUT2D eigenvalue weighted by molar-refractivity contribution is 0.0788. The third-order valence-electron chi connectivity index (χ3n) is 4.30. The SMILES string of the molecule is Cc1cc(Br)ccc1C(=O)N1C[C@@H](N)[C@H](c2ccccc2)C1. The van der Waals surface area contributed by atoms with Crippen molar-refractivity contribution in [3.8, 4) is 0 Å². The maximum atomic E-state index is 12.8. The summed E-state index contributed by atoms with van der Waals surface area (Å²) >= 11 is 3.43. The minimum Gasteiger partial charge on any atom is -0.336 e. The molecule has 4 heteroatoms. The number of carbonyl (C=O) groups is 1. The van der Waals surface area contributed by atoms with Crippen molar-refractivity contribution < 1.29 is 4.79 Å². The van der Waals surface area contributed by atoms with Crippen LogP contribution in [0.5, 0.6) is 0 Å². The summed E-state index contributed by atoms with van der Waals surface area (Å²) in [4.78, 5) is 14.6. The number of aryl methyl sites for hydroxylation is 1. The Labute approximate surface area is 139 Å². The molecule has 0 saturated carbocycles. The molecular weight excluding hydrogens is 340 g/mol. The first-order valence-electron chi connectivity index (χ1n) is 7.42. The number of hydrogen-bond acceptors (Lipinski definition) is 2. The number of halogens is 1. The molecule has 1 fully saturated rings. The summed E-state index contributed by atoms with van der Waals surface area (Å²) in [6.45, 7) is 3.25. The molecule has 1 amide bonds. The van der Waals surface area contributed by atoms with Crippen molar-refractivity contribution in [3.05, 3.63) is 69.7 Å². The number of amides is 1. The van der Waals surface area contributed by atoms with E-state index in [1.54, 1.807) is 0 Å². The molecule has 3 nitrogen and oxygen atoms in total. The van der Waals surface area contributed by atoms with E-state index in [0.29, 0.717) is 13.1 Å². The van der Waals surface area contributed by atoms with Gasteiger partial charge in [-0.2, -0.15) is 0 Å². The zero-order chi connectivity index (χ0) is 15.7. The summed E-state index contributed by atoms with van der Waals surface area (Å²) in [5.74, 6) is 0.278. The van der Waals surface area contributed by atoms with Crippen LogP contribution < -0.4 is 5.73 Å². The van der Waals surface area contributed by atoms with E-state index in [1.165, 1.54) is 5.56 Å². The Morgan fingerprint density at radius 2 is 1.91 bits per heavy atom. The zero-order valence-corrected chi connectivity index (χ0v) is 14.1. The highest BCUT2D eigenvalue weighted by atomic mass is 79.9. The molecule has 2 N–H and O–H groups in total. The summed E-state index contributed by atoms with van der Waals surface area (Å²) in [5.41, 5.74) is 9.22. The lowest BCUT2D eigenvalue weighted by Crippen LogP contribution is -2.32. The van der Waals surface area contributed by atoms with E-state index >= 15 is 0 Å². The number of benzene rings is 2. The Hall–Kier alpha value is -1.65. The third-order valence-corrected chi connectivity index (χ3v) is 4.79. The van der Waals surface area contributed by atoms with Crippen molar-refractivity contribution in [2.75, 3.05) is 13.1 Å². The van der Waals surface area contributed by atoms with Crippen molar-refractivity contribution in [1.29, 1.82) is 0 Å². The minimum absolute atomic E-state index is 0.0119. The van der Waals surface area contributed by atoms with Crippen molar-refractivity contribution in [2.24, 2.45) is 5.73 Å². The molecule has 2 atom stereocenters. The fourth-order valence-electron chi connectivity index (χ4n) is 3.09. The first-order chi connectivity index (χ1) is 10.6. The predicted molar refractivity (Wildman–Crippen MR) is 91.9 cm³/mol. The van der Waals surface area contributed by atoms with Crippen LogP contribution in [-0.4, -0.2) is 29.9 Å². The fraction of sp³-hybridized carbons (Fsp3) is 0.278. The molecule has 0 radical (unpaired) electrons. The second-order valence-electron chi connectivity index (χ2n) is 5.85. The first-order valence-corrected chi connectivity index (χ1v) is 8.21. The lowest BCUT2D eigenvalue weighted by Gasteiger charge is -2.18. The van der Waals surface area contributed by atoms with Gasteiger partial charge in [-0.25, -0.2) is 0 Å². The molecule has 0 aromatic heterocycles. The molecule has 114 valence electrons. The lowest BCUT2D eigenvalue weighted by atomic mass is 9.95. The van der Waals surface area contributed by atoms with Crippen LogP contribution in [0.3, 0.4) is 0 Å². The summed E-state index contributed by atoms with van der Waals surface area (Å²) < 4.78 is 0.988. The van der Waals surface area contributed by atoms with Crippen LogP contribution in [0.4, 0.5) is 0 Å². The van der Waals surface area contributed by atoms with Gasteiger partial charge in [0.1, 0.15) is 0 Å². The fourth-order valence-corrected chi connectivity index (χ4v) is 3.56. The molecule has 2 aromatic rings. The molecule has 0 spiro atoms. The minimum atomic E-state index is -0.0119. The van der Waals surface area contributed by atoms with Crippen molar-refractivity contribution in [3.63, 3.8) is 0 Å². The van der Waals surface area contributed by atoms with Gasteiger partial charge in [-0.1, -0.05) is 46.3 Å². The Morgan fingerprint density at radius 1 is 1.18 bits per heavy atom. The molecule has 1 aliphatic rings. The van der Waals surface area contributed by atoms with Gasteiger partial charge in [-0.15, -0.1) is 0 Å². The highest BCUT2D eigenvalue weighted by Gasteiger charge is 2.34. The number of nitrogens with two attached hydrogens (primary N) is 1. The Morgan fingerprint density at radius 3 is 2.59 bits per heavy atom. The van der Waals surface area contributed by atoms with E-state index in [2.05, 4.69) is 28.1 Å². The second-order valence-corrected chi connectivity index (χ2v) is 6.77. The van der Waals surface area contributed by atoms with E-state index in [0.717, 1.165) is 15.6 Å². The van der Waals surface area contributed by atoms with E-state index in [4.69, 9.17) is 5.73 Å². The Kier molecular flexibility index (Phi) is 4.32. The molecule has 1 saturated heterocycles. The van der Waals surface area contributed by atoms with Crippen LogP contribution in [0, 0.1) is 6.92 Å². The number of rotatable bonds is 2. The summed E-state index contributed by atoms with van der Waals surface area (Å²) in [6.07, 6.45) is 0. The topological polar surface area (TPSA) is 46.3 Å². The Balaban J connectivity index is 1.81. The molecule has 22 heavy (non-hydrogen) atoms. The van der Waals surface area contributed by atoms with Gasteiger partial charge in [0.15, 0.2) is 0 Å². The summed E-state index contributed by atoms with van der Waals surface area (Å²) in [6, 6.07) is 16.0. The number of nitrogens with zero attached hydrogens (tertiary/aromatic N) is 1. The van der Waals surface area contributed by atoms with Crippen LogP contribution >= 0.6 is 15.9 Å². The van der Waals surface area contributed by atoms with Crippen molar-refractivity contribution in [1.82, 2.24) is 4.90 Å². The van der Waals surface area contributed by atoms with Gasteiger partial charge in [-0.05, 0) is 36.2 Å². The molecule has 3 rings (SSSR count). The van der Waals surface area contributed by atoms with Crippen LogP contribution in [0.1, 0.15) is 27.4 Å². The standard InChI is InChI=1S/C18H19BrN2O/c1-12-9-14(19)7-8-15(12)18(22)21-10-16(17(20)11-21)13-5-3-2-4-6-13/h2-9,16-17H,10-11,20H2,1H3/t16-,17+/m0/s1. The normalized spacial score (nSPS) is 21.1. The van der Waals surface area contributed by atoms with Gasteiger partial charge in [0.05, 0.1) is 0 Å². The Bertz CT molecular complexity index is 687. The average molecular weight is 359 g/mol. The highest BCUT2D eigenvalue weighted by molar-refractivity contribution is 9.10. The maximum Gasteiger partial charge on any atom is 0.254 e. The van der Waals surface area contributed by atoms with E-state index in [9.17, 15) is 4.79 Å². The van der Waals surface area contributed by atoms with Crippen LogP contribution in [0.25, 0.3) is 0 Å². The van der Waals surface area contributed by atoms with E-state index in [-0.39, 0.29) is 17.9 Å². The van der Waals surface area contributed by atoms with Gasteiger partial charge in [0, 0.05) is 35.1 Å². The third kappa shape index (κ3) is 2.94. The highest BCUT2D eigenvalue weighted by Crippen LogP contribution is 2.28. The molecular formula is C18H19BrN2O. The summed E-state index contributed by atoms with van der Waals surface area (Å²) in [5, 5.41) is 0. The van der Waals surface area contributed by atoms with Crippen molar-refractivity contribution in [2.45, 2.75) is 18.9 Å². The van der Waals surface area contributed by atoms with Crippen LogP contribution in [0.15, 0.2) is 53.0 Å². The predicted octanol–water partition coefficient (Wildman–Crippen LogP) is 3.32. The molecule has 1 heterocycles. The molecule has 0 unspecified atom stereocenters. The van der Waals surface area contributed by atoms with E-state index in [1.807, 2.05) is 48.2 Å². The largest absolute Gasteiger partial charge is 0.336 e. The van der Waals surface area contributed by atoms with Crippen LogP contribution in [0.2, 0.25) is 0 Å². The van der Waals surface area contributed by atoms with Crippen LogP contribution in [-0.2, 0) is 0 Å². The monoisotopic (exact) mass is 358 g/mol. The zero-order valence-electron chi connectivity index (χ0n) is 12.5. The smallest absolute Gasteiger partial charge is 0.254 e. The molecule has 1 aliphatic heterocycles.